The van der Waals surface area contributed by atoms with Crippen LogP contribution < -0.4 is 5.32 Å². The van der Waals surface area contributed by atoms with Crippen LogP contribution in [-0.2, 0) is 6.42 Å². The Kier molecular flexibility index (Phi) is 4.90. The van der Waals surface area contributed by atoms with E-state index in [1.807, 2.05) is 19.1 Å². The standard InChI is InChI=1S/C16H18N2O3/c1-12(14-4-6-15(7-5-14)18(20)21)17-11-10-13-2-8-16(19)9-3-13/h2-9,12,17,19H,10-11H2,1H3. The summed E-state index contributed by atoms with van der Waals surface area (Å²) in [7, 11) is 0. The van der Waals surface area contributed by atoms with Crippen molar-refractivity contribution in [2.45, 2.75) is 19.4 Å². The Labute approximate surface area is 123 Å². The molecule has 0 aliphatic heterocycles. The Bertz CT molecular complexity index is 594. The fraction of sp³-hybridized carbons (Fsp3) is 0.250. The third kappa shape index (κ3) is 4.29. The summed E-state index contributed by atoms with van der Waals surface area (Å²) in [6.07, 6.45) is 0.859. The van der Waals surface area contributed by atoms with Crippen LogP contribution in [0.3, 0.4) is 0 Å². The van der Waals surface area contributed by atoms with Gasteiger partial charge in [0.05, 0.1) is 4.92 Å². The quantitative estimate of drug-likeness (QED) is 0.631. The lowest BCUT2D eigenvalue weighted by atomic mass is 10.1. The molecule has 0 amide bonds. The van der Waals surface area contributed by atoms with Gasteiger partial charge in [-0.05, 0) is 43.1 Å². The molecule has 5 heteroatoms. The normalized spacial score (nSPS) is 12.0. The van der Waals surface area contributed by atoms with Crippen LogP contribution in [0.5, 0.6) is 5.75 Å². The second-order valence-corrected chi connectivity index (χ2v) is 4.94. The minimum atomic E-state index is -0.396. The highest BCUT2D eigenvalue weighted by Crippen LogP contribution is 2.17. The molecule has 1 atom stereocenters. The van der Waals surface area contributed by atoms with Crippen molar-refractivity contribution in [2.75, 3.05) is 6.54 Å². The molecule has 2 rings (SSSR count). The van der Waals surface area contributed by atoms with Crippen LogP contribution in [0.25, 0.3) is 0 Å². The van der Waals surface area contributed by atoms with Gasteiger partial charge in [-0.25, -0.2) is 0 Å². The van der Waals surface area contributed by atoms with Gasteiger partial charge in [0.15, 0.2) is 0 Å². The van der Waals surface area contributed by atoms with Crippen LogP contribution in [0, 0.1) is 10.1 Å². The van der Waals surface area contributed by atoms with Crippen molar-refractivity contribution in [2.24, 2.45) is 0 Å². The van der Waals surface area contributed by atoms with Crippen LogP contribution >= 0.6 is 0 Å². The Hall–Kier alpha value is -2.40. The minimum absolute atomic E-state index is 0.107. The molecule has 0 aromatic heterocycles. The fourth-order valence-electron chi connectivity index (χ4n) is 2.10. The number of phenolic OH excluding ortho intramolecular Hbond substituents is 1. The van der Waals surface area contributed by atoms with E-state index in [1.165, 1.54) is 12.1 Å². The van der Waals surface area contributed by atoms with Crippen LogP contribution in [0.4, 0.5) is 5.69 Å². The summed E-state index contributed by atoms with van der Waals surface area (Å²) in [5.74, 6) is 0.269. The molecule has 1 unspecified atom stereocenters. The Morgan fingerprint density at radius 3 is 2.33 bits per heavy atom. The predicted molar refractivity (Wildman–Crippen MR) is 81.3 cm³/mol. The largest absolute Gasteiger partial charge is 0.508 e. The molecule has 0 fully saturated rings. The van der Waals surface area contributed by atoms with Crippen molar-refractivity contribution >= 4 is 5.69 Å². The predicted octanol–water partition coefficient (Wildman–Crippen LogP) is 3.19. The summed E-state index contributed by atoms with van der Waals surface area (Å²) >= 11 is 0. The van der Waals surface area contributed by atoms with Gasteiger partial charge in [-0.2, -0.15) is 0 Å². The monoisotopic (exact) mass is 286 g/mol. The smallest absolute Gasteiger partial charge is 0.269 e. The van der Waals surface area contributed by atoms with Crippen molar-refractivity contribution in [3.8, 4) is 5.75 Å². The molecular weight excluding hydrogens is 268 g/mol. The Morgan fingerprint density at radius 1 is 1.14 bits per heavy atom. The summed E-state index contributed by atoms with van der Waals surface area (Å²) in [5, 5.41) is 23.2. The van der Waals surface area contributed by atoms with Gasteiger partial charge in [-0.15, -0.1) is 0 Å². The summed E-state index contributed by atoms with van der Waals surface area (Å²) < 4.78 is 0. The number of nitrogens with one attached hydrogen (secondary N) is 1. The third-order valence-corrected chi connectivity index (χ3v) is 3.40. The molecule has 21 heavy (non-hydrogen) atoms. The first kappa shape index (κ1) is 15.0. The van der Waals surface area contributed by atoms with E-state index in [0.717, 1.165) is 24.1 Å². The molecule has 0 aliphatic carbocycles. The van der Waals surface area contributed by atoms with Crippen molar-refractivity contribution < 1.29 is 10.0 Å². The molecule has 0 bridgehead atoms. The number of nitro groups is 1. The highest BCUT2D eigenvalue weighted by molar-refractivity contribution is 5.34. The lowest BCUT2D eigenvalue weighted by Crippen LogP contribution is -2.21. The van der Waals surface area contributed by atoms with E-state index >= 15 is 0 Å². The highest BCUT2D eigenvalue weighted by atomic mass is 16.6. The van der Waals surface area contributed by atoms with Gasteiger partial charge in [-0.1, -0.05) is 24.3 Å². The molecule has 5 nitrogen and oxygen atoms in total. The van der Waals surface area contributed by atoms with E-state index in [-0.39, 0.29) is 17.5 Å². The van der Waals surface area contributed by atoms with Crippen molar-refractivity contribution in [1.29, 1.82) is 0 Å². The number of nitro benzene ring substituents is 1. The molecule has 2 aromatic rings. The number of non-ortho nitro benzene ring substituents is 1. The fourth-order valence-corrected chi connectivity index (χ4v) is 2.10. The maximum Gasteiger partial charge on any atom is 0.269 e. The van der Waals surface area contributed by atoms with Crippen LogP contribution in [0.15, 0.2) is 48.5 Å². The molecule has 0 aliphatic rings. The molecule has 0 radical (unpaired) electrons. The van der Waals surface area contributed by atoms with Crippen LogP contribution in [0.1, 0.15) is 24.1 Å². The minimum Gasteiger partial charge on any atom is -0.508 e. The second kappa shape index (κ2) is 6.85. The number of aromatic hydroxyl groups is 1. The zero-order valence-electron chi connectivity index (χ0n) is 11.8. The lowest BCUT2D eigenvalue weighted by Gasteiger charge is -2.14. The Morgan fingerprint density at radius 2 is 1.76 bits per heavy atom. The topological polar surface area (TPSA) is 75.4 Å². The molecule has 2 N–H and O–H groups in total. The molecule has 0 heterocycles. The van der Waals surface area contributed by atoms with E-state index < -0.39 is 4.92 Å². The van der Waals surface area contributed by atoms with Gasteiger partial charge in [-0.3, -0.25) is 10.1 Å². The van der Waals surface area contributed by atoms with Crippen molar-refractivity contribution in [1.82, 2.24) is 5.32 Å². The average molecular weight is 286 g/mol. The number of benzene rings is 2. The summed E-state index contributed by atoms with van der Waals surface area (Å²) in [6, 6.07) is 13.9. The van der Waals surface area contributed by atoms with Gasteiger partial charge in [0.1, 0.15) is 5.75 Å². The number of hydrogen-bond acceptors (Lipinski definition) is 4. The van der Waals surface area contributed by atoms with E-state index in [2.05, 4.69) is 5.32 Å². The SMILES string of the molecule is CC(NCCc1ccc(O)cc1)c1ccc([N+](=O)[O-])cc1. The lowest BCUT2D eigenvalue weighted by molar-refractivity contribution is -0.384. The zero-order chi connectivity index (χ0) is 15.2. The second-order valence-electron chi connectivity index (χ2n) is 4.94. The highest BCUT2D eigenvalue weighted by Gasteiger charge is 2.08. The first-order valence-electron chi connectivity index (χ1n) is 6.82. The molecule has 110 valence electrons. The van der Waals surface area contributed by atoms with Gasteiger partial charge in [0.2, 0.25) is 0 Å². The van der Waals surface area contributed by atoms with E-state index in [0.29, 0.717) is 0 Å². The molecule has 0 saturated heterocycles. The maximum absolute atomic E-state index is 10.6. The van der Waals surface area contributed by atoms with E-state index in [4.69, 9.17) is 0 Å². The number of nitrogens with zero attached hydrogens (tertiary/aromatic N) is 1. The maximum atomic E-state index is 10.6. The van der Waals surface area contributed by atoms with Crippen LogP contribution in [-0.4, -0.2) is 16.6 Å². The van der Waals surface area contributed by atoms with E-state index in [9.17, 15) is 15.2 Å². The third-order valence-electron chi connectivity index (χ3n) is 3.40. The zero-order valence-corrected chi connectivity index (χ0v) is 11.8. The number of phenols is 1. The van der Waals surface area contributed by atoms with E-state index in [1.54, 1.807) is 24.3 Å². The summed E-state index contributed by atoms with van der Waals surface area (Å²) in [4.78, 5) is 10.2. The summed E-state index contributed by atoms with van der Waals surface area (Å²) in [5.41, 5.74) is 2.28. The number of hydrogen-bond donors (Lipinski definition) is 2. The molecule has 0 saturated carbocycles. The average Bonchev–Trinajstić information content (AvgIpc) is 2.49. The molecule has 2 aromatic carbocycles. The first-order chi connectivity index (χ1) is 10.1. The summed E-state index contributed by atoms with van der Waals surface area (Å²) in [6.45, 7) is 2.82. The Balaban J connectivity index is 1.85. The molecular formula is C16H18N2O3. The molecule has 0 spiro atoms. The first-order valence-corrected chi connectivity index (χ1v) is 6.82. The van der Waals surface area contributed by atoms with Gasteiger partial charge >= 0.3 is 0 Å². The van der Waals surface area contributed by atoms with Gasteiger partial charge in [0, 0.05) is 18.2 Å². The van der Waals surface area contributed by atoms with Gasteiger partial charge in [0.25, 0.3) is 5.69 Å². The van der Waals surface area contributed by atoms with Gasteiger partial charge < -0.3 is 10.4 Å². The van der Waals surface area contributed by atoms with Crippen molar-refractivity contribution in [3.63, 3.8) is 0 Å². The van der Waals surface area contributed by atoms with Crippen LogP contribution in [0.2, 0.25) is 0 Å². The number of rotatable bonds is 6. The van der Waals surface area contributed by atoms with Crippen molar-refractivity contribution in [3.05, 3.63) is 69.8 Å².